The lowest BCUT2D eigenvalue weighted by Gasteiger charge is -2.23. The zero-order valence-electron chi connectivity index (χ0n) is 16.3. The molecule has 4 aromatic rings. The van der Waals surface area contributed by atoms with E-state index in [4.69, 9.17) is 26.3 Å². The van der Waals surface area contributed by atoms with E-state index in [0.29, 0.717) is 0 Å². The number of hydrogen-bond acceptors (Lipinski definition) is 5. The molecular weight excluding hydrogens is 434 g/mol. The van der Waals surface area contributed by atoms with Gasteiger partial charge >= 0.3 is 0 Å². The summed E-state index contributed by atoms with van der Waals surface area (Å²) in [5.41, 5.74) is 2.36. The Balaban J connectivity index is 1.60. The first-order valence-electron chi connectivity index (χ1n) is 9.95. The smallest absolute Gasteiger partial charge is 0.186 e. The summed E-state index contributed by atoms with van der Waals surface area (Å²) in [6.07, 6.45) is 0. The molecule has 2 aromatic carbocycles. The Labute approximate surface area is 188 Å². The second-order valence-corrected chi connectivity index (χ2v) is 9.51. The standard InChI is InChI=1S/C23H20ClN3OS2/c24-18-8-4-5-9-19(18)30-23-21-17(16-6-2-1-3-7-16)15-29-22(21)25-20(26-23)14-27-10-12-28-13-11-27/h1-9,15H,10-14H2/p+1. The number of ether oxygens (including phenoxy) is 1. The molecule has 0 unspecified atom stereocenters. The van der Waals surface area contributed by atoms with Crippen molar-refractivity contribution in [3.63, 3.8) is 0 Å². The molecule has 1 aliphatic rings. The molecule has 1 N–H and O–H groups in total. The number of rotatable bonds is 5. The molecule has 0 spiro atoms. The Hall–Kier alpha value is -1.96. The number of quaternary nitrogens is 1. The van der Waals surface area contributed by atoms with Crippen molar-refractivity contribution in [2.75, 3.05) is 26.3 Å². The Morgan fingerprint density at radius 1 is 1.00 bits per heavy atom. The maximum absolute atomic E-state index is 6.47. The number of nitrogens with one attached hydrogen (secondary N) is 1. The molecule has 1 fully saturated rings. The van der Waals surface area contributed by atoms with Crippen LogP contribution in [-0.4, -0.2) is 36.3 Å². The molecule has 0 aliphatic carbocycles. The van der Waals surface area contributed by atoms with E-state index in [0.717, 1.165) is 63.8 Å². The molecule has 0 saturated carbocycles. The minimum absolute atomic E-state index is 0.742. The number of aromatic nitrogens is 2. The molecule has 0 bridgehead atoms. The third-order valence-electron chi connectivity index (χ3n) is 5.18. The number of benzene rings is 2. The van der Waals surface area contributed by atoms with Crippen molar-refractivity contribution in [3.8, 4) is 11.1 Å². The fourth-order valence-electron chi connectivity index (χ4n) is 3.63. The van der Waals surface area contributed by atoms with Gasteiger partial charge in [0.1, 0.15) is 29.5 Å². The van der Waals surface area contributed by atoms with Crippen LogP contribution in [0.4, 0.5) is 0 Å². The maximum Gasteiger partial charge on any atom is 0.186 e. The van der Waals surface area contributed by atoms with Crippen LogP contribution >= 0.6 is 34.7 Å². The zero-order valence-corrected chi connectivity index (χ0v) is 18.7. The lowest BCUT2D eigenvalue weighted by Crippen LogP contribution is -3.12. The molecule has 3 heterocycles. The van der Waals surface area contributed by atoms with Crippen LogP contribution in [-0.2, 0) is 11.3 Å². The molecule has 30 heavy (non-hydrogen) atoms. The Kier molecular flexibility index (Phi) is 6.02. The number of nitrogens with zero attached hydrogens (tertiary/aromatic N) is 2. The molecule has 152 valence electrons. The van der Waals surface area contributed by atoms with E-state index in [9.17, 15) is 0 Å². The SMILES string of the molecule is Clc1ccccc1Sc1nc(C[NH+]2CCOCC2)nc2scc(-c3ccccc3)c12. The van der Waals surface area contributed by atoms with Crippen LogP contribution in [0.5, 0.6) is 0 Å². The van der Waals surface area contributed by atoms with Crippen LogP contribution in [0.15, 0.2) is 69.9 Å². The molecule has 0 radical (unpaired) electrons. The highest BCUT2D eigenvalue weighted by molar-refractivity contribution is 7.99. The summed E-state index contributed by atoms with van der Waals surface area (Å²) in [4.78, 5) is 13.5. The van der Waals surface area contributed by atoms with Gasteiger partial charge in [0.05, 0.1) is 23.6 Å². The number of thiophene rings is 1. The topological polar surface area (TPSA) is 39.5 Å². The van der Waals surface area contributed by atoms with Crippen molar-refractivity contribution in [1.29, 1.82) is 0 Å². The van der Waals surface area contributed by atoms with Crippen molar-refractivity contribution in [2.24, 2.45) is 0 Å². The number of fused-ring (bicyclic) bond motifs is 1. The summed E-state index contributed by atoms with van der Waals surface area (Å²) in [7, 11) is 0. The van der Waals surface area contributed by atoms with Crippen molar-refractivity contribution in [2.45, 2.75) is 16.5 Å². The van der Waals surface area contributed by atoms with Gasteiger partial charge in [0, 0.05) is 15.8 Å². The lowest BCUT2D eigenvalue weighted by molar-refractivity contribution is -0.922. The van der Waals surface area contributed by atoms with Crippen LogP contribution in [0.3, 0.4) is 0 Å². The van der Waals surface area contributed by atoms with Gasteiger partial charge in [0.2, 0.25) is 0 Å². The largest absolute Gasteiger partial charge is 0.370 e. The normalized spacial score (nSPS) is 15.0. The Morgan fingerprint density at radius 2 is 1.77 bits per heavy atom. The predicted octanol–water partition coefficient (Wildman–Crippen LogP) is 4.58. The molecule has 5 rings (SSSR count). The van der Waals surface area contributed by atoms with Crippen LogP contribution in [0, 0.1) is 0 Å². The van der Waals surface area contributed by atoms with E-state index in [1.165, 1.54) is 16.0 Å². The van der Waals surface area contributed by atoms with E-state index in [1.807, 2.05) is 30.3 Å². The second-order valence-electron chi connectivity index (χ2n) is 7.21. The van der Waals surface area contributed by atoms with Gasteiger partial charge in [-0.25, -0.2) is 9.97 Å². The van der Waals surface area contributed by atoms with Gasteiger partial charge in [-0.1, -0.05) is 65.8 Å². The van der Waals surface area contributed by atoms with E-state index >= 15 is 0 Å². The fourth-order valence-corrected chi connectivity index (χ4v) is 5.89. The Morgan fingerprint density at radius 3 is 2.57 bits per heavy atom. The highest BCUT2D eigenvalue weighted by atomic mass is 35.5. The van der Waals surface area contributed by atoms with Crippen molar-refractivity contribution < 1.29 is 9.64 Å². The van der Waals surface area contributed by atoms with Gasteiger partial charge in [-0.2, -0.15) is 0 Å². The third-order valence-corrected chi connectivity index (χ3v) is 7.56. The number of halogens is 1. The summed E-state index contributed by atoms with van der Waals surface area (Å²) in [6.45, 7) is 4.40. The van der Waals surface area contributed by atoms with Crippen LogP contribution in [0.1, 0.15) is 5.82 Å². The highest BCUT2D eigenvalue weighted by Crippen LogP contribution is 2.41. The van der Waals surface area contributed by atoms with Gasteiger partial charge in [-0.3, -0.25) is 0 Å². The molecule has 4 nitrogen and oxygen atoms in total. The van der Waals surface area contributed by atoms with Gasteiger partial charge in [0.25, 0.3) is 0 Å². The predicted molar refractivity (Wildman–Crippen MR) is 124 cm³/mol. The van der Waals surface area contributed by atoms with E-state index in [1.54, 1.807) is 23.1 Å². The molecule has 1 saturated heterocycles. The minimum atomic E-state index is 0.742. The van der Waals surface area contributed by atoms with Crippen molar-refractivity contribution >= 4 is 44.9 Å². The zero-order chi connectivity index (χ0) is 20.3. The first kappa shape index (κ1) is 20.0. The summed E-state index contributed by atoms with van der Waals surface area (Å²) >= 11 is 9.78. The van der Waals surface area contributed by atoms with E-state index in [2.05, 4.69) is 29.6 Å². The molecular formula is C23H21ClN3OS2+. The Bertz CT molecular complexity index is 1160. The van der Waals surface area contributed by atoms with Gasteiger partial charge in [0.15, 0.2) is 5.82 Å². The average Bonchev–Trinajstić information content (AvgIpc) is 3.21. The van der Waals surface area contributed by atoms with Gasteiger partial charge in [-0.05, 0) is 17.7 Å². The first-order valence-corrected chi connectivity index (χ1v) is 12.0. The molecule has 7 heteroatoms. The van der Waals surface area contributed by atoms with Gasteiger partial charge < -0.3 is 9.64 Å². The lowest BCUT2D eigenvalue weighted by atomic mass is 10.1. The highest BCUT2D eigenvalue weighted by Gasteiger charge is 2.21. The average molecular weight is 455 g/mol. The van der Waals surface area contributed by atoms with Crippen molar-refractivity contribution in [3.05, 3.63) is 70.8 Å². The summed E-state index contributed by atoms with van der Waals surface area (Å²) < 4.78 is 5.50. The van der Waals surface area contributed by atoms with Crippen LogP contribution in [0.25, 0.3) is 21.3 Å². The third kappa shape index (κ3) is 4.24. The minimum Gasteiger partial charge on any atom is -0.370 e. The maximum atomic E-state index is 6.47. The fraction of sp³-hybridized carbons (Fsp3) is 0.217. The molecule has 0 amide bonds. The van der Waals surface area contributed by atoms with Crippen molar-refractivity contribution in [1.82, 2.24) is 9.97 Å². The number of hydrogen-bond donors (Lipinski definition) is 1. The molecule has 2 aromatic heterocycles. The van der Waals surface area contributed by atoms with Crippen LogP contribution < -0.4 is 4.90 Å². The summed E-state index contributed by atoms with van der Waals surface area (Å²) in [5, 5.41) is 5.01. The van der Waals surface area contributed by atoms with Crippen LogP contribution in [0.2, 0.25) is 5.02 Å². The number of morpholine rings is 1. The second kappa shape index (κ2) is 9.04. The first-order chi connectivity index (χ1) is 14.8. The quantitative estimate of drug-likeness (QED) is 0.448. The molecule has 0 atom stereocenters. The summed E-state index contributed by atoms with van der Waals surface area (Å²) in [5.74, 6) is 0.885. The molecule has 1 aliphatic heterocycles. The van der Waals surface area contributed by atoms with E-state index < -0.39 is 0 Å². The monoisotopic (exact) mass is 454 g/mol. The van der Waals surface area contributed by atoms with Gasteiger partial charge in [-0.15, -0.1) is 11.3 Å². The summed E-state index contributed by atoms with van der Waals surface area (Å²) in [6, 6.07) is 18.4. The van der Waals surface area contributed by atoms with E-state index in [-0.39, 0.29) is 0 Å².